The predicted octanol–water partition coefficient (Wildman–Crippen LogP) is -1.78. The molecule has 1 rings (SSSR count). The minimum atomic E-state index is -0.865. The Labute approximate surface area is 125 Å². The molecule has 0 aliphatic carbocycles. The summed E-state index contributed by atoms with van der Waals surface area (Å²) >= 11 is 1.98. The maximum absolute atomic E-state index is 11.7. The van der Waals surface area contributed by atoms with E-state index >= 15 is 0 Å². The topological polar surface area (TPSA) is 152 Å². The van der Waals surface area contributed by atoms with Crippen molar-refractivity contribution in [3.8, 4) is 0 Å². The normalized spacial score (nSPS) is 8.50. The molecule has 0 aromatic heterocycles. The van der Waals surface area contributed by atoms with Gasteiger partial charge in [0.05, 0.1) is 0 Å². The van der Waals surface area contributed by atoms with E-state index in [1.807, 2.05) is 40.8 Å². The van der Waals surface area contributed by atoms with Gasteiger partial charge in [0.15, 0.2) is 0 Å². The van der Waals surface area contributed by atoms with Crippen molar-refractivity contribution in [1.29, 1.82) is 0 Å². The number of rotatable bonds is 5. The molecular weight excluding hydrogens is 327 g/mol. The van der Waals surface area contributed by atoms with Crippen molar-refractivity contribution in [2.24, 2.45) is 0 Å². The Morgan fingerprint density at radius 2 is 1.60 bits per heavy atom. The van der Waals surface area contributed by atoms with E-state index in [0.29, 0.717) is 6.42 Å². The van der Waals surface area contributed by atoms with E-state index in [1.165, 1.54) is 0 Å². The Balaban J connectivity index is -0.000000963. The molecule has 7 nitrogen and oxygen atoms in total. The van der Waals surface area contributed by atoms with Crippen molar-refractivity contribution in [2.75, 3.05) is 11.9 Å². The van der Waals surface area contributed by atoms with Crippen molar-refractivity contribution in [2.45, 2.75) is 19.3 Å². The van der Waals surface area contributed by atoms with Crippen LogP contribution in [-0.2, 0) is 9.59 Å². The quantitative estimate of drug-likeness (QED) is 0.627. The van der Waals surface area contributed by atoms with E-state index in [9.17, 15) is 9.59 Å². The smallest absolute Gasteiger partial charge is 0.412 e. The summed E-state index contributed by atoms with van der Waals surface area (Å²) in [5, 5.41) is 8.49. The van der Waals surface area contributed by atoms with Crippen LogP contribution in [0.5, 0.6) is 0 Å². The van der Waals surface area contributed by atoms with Gasteiger partial charge in [0, 0.05) is 0 Å². The summed E-state index contributed by atoms with van der Waals surface area (Å²) in [4.78, 5) is 23.6. The first-order valence-electron chi connectivity index (χ1n) is 5.30. The van der Waals surface area contributed by atoms with Crippen LogP contribution in [-0.4, -0.2) is 57.0 Å². The Bertz CT molecular complexity index is 409. The van der Waals surface area contributed by atoms with E-state index in [0.717, 1.165) is 10.1 Å². The van der Waals surface area contributed by atoms with Gasteiger partial charge in [-0.05, 0) is 0 Å². The Kier molecular flexibility index (Phi) is 13.5. The Morgan fingerprint density at radius 1 is 1.10 bits per heavy atom. The van der Waals surface area contributed by atoms with Crippen LogP contribution in [0.1, 0.15) is 19.3 Å². The monoisotopic (exact) mass is 348 g/mol. The molecule has 1 aromatic carbocycles. The zero-order valence-electron chi connectivity index (χ0n) is 11.1. The van der Waals surface area contributed by atoms with Gasteiger partial charge in [-0.3, -0.25) is 0 Å². The van der Waals surface area contributed by atoms with Crippen LogP contribution in [0.4, 0.5) is 5.69 Å². The summed E-state index contributed by atoms with van der Waals surface area (Å²) in [6, 6.07) is 7.64. The largest absolute Gasteiger partial charge is 0.412 e. The minimum absolute atomic E-state index is 0. The number of carboxylic acid groups (broad SMARTS) is 1. The van der Waals surface area contributed by atoms with Crippen LogP contribution >= 0.6 is 0 Å². The molecule has 0 aliphatic heterocycles. The second-order valence-electron chi connectivity index (χ2n) is 3.75. The van der Waals surface area contributed by atoms with Gasteiger partial charge in [-0.1, -0.05) is 0 Å². The predicted molar refractivity (Wildman–Crippen MR) is 77.6 cm³/mol. The molecule has 3 radical (unpaired) electrons. The molecule has 8 heteroatoms. The summed E-state index contributed by atoms with van der Waals surface area (Å²) < 4.78 is 1.14. The number of anilines is 1. The van der Waals surface area contributed by atoms with Gasteiger partial charge in [-0.25, -0.2) is 0 Å². The van der Waals surface area contributed by atoms with Crippen LogP contribution in [0.25, 0.3) is 0 Å². The number of hydrogen-bond donors (Lipinski definition) is 1. The summed E-state index contributed by atoms with van der Waals surface area (Å²) in [5.74, 6) is -0.925. The first kappa shape index (κ1) is 23.7. The maximum Gasteiger partial charge on any atom is -0.412 e. The van der Waals surface area contributed by atoms with E-state index in [1.54, 1.807) is 11.9 Å². The molecule has 20 heavy (non-hydrogen) atoms. The van der Waals surface area contributed by atoms with Crippen molar-refractivity contribution in [1.82, 2.24) is 0 Å². The van der Waals surface area contributed by atoms with Crippen LogP contribution in [0.2, 0.25) is 0 Å². The number of nitrogens with zero attached hydrogens (tertiary/aromatic N) is 1. The second-order valence-corrected chi connectivity index (χ2v) is 4.96. The number of benzene rings is 1. The average Bonchev–Trinajstić information content (AvgIpc) is 2.28. The fourth-order valence-electron chi connectivity index (χ4n) is 1.39. The van der Waals surface area contributed by atoms with E-state index in [-0.39, 0.29) is 35.2 Å². The fourth-order valence-corrected chi connectivity index (χ4v) is 1.74. The summed E-state index contributed by atoms with van der Waals surface area (Å²) in [6.07, 6.45) is 0.675. The number of amides is 1. The van der Waals surface area contributed by atoms with Crippen molar-refractivity contribution < 1.29 is 31.1 Å². The van der Waals surface area contributed by atoms with Gasteiger partial charge >= 0.3 is 109 Å². The third kappa shape index (κ3) is 7.90. The zero-order valence-corrected chi connectivity index (χ0v) is 13.2. The molecule has 0 saturated carbocycles. The second kappa shape index (κ2) is 11.4. The molecular formula is C12H20GeNO6. The van der Waals surface area contributed by atoms with E-state index in [4.69, 9.17) is 5.11 Å². The molecule has 113 valence electrons. The average molecular weight is 347 g/mol. The molecule has 7 N–H and O–H groups in total. The molecule has 0 saturated heterocycles. The molecule has 0 bridgehead atoms. The fraction of sp³-hybridized carbons (Fsp3) is 0.333. The third-order valence-corrected chi connectivity index (χ3v) is 3.11. The Morgan fingerprint density at radius 3 is 2.05 bits per heavy atom. The molecule has 1 amide bonds. The van der Waals surface area contributed by atoms with E-state index < -0.39 is 5.97 Å². The van der Waals surface area contributed by atoms with Crippen molar-refractivity contribution >= 4 is 38.5 Å². The first-order chi connectivity index (χ1) is 8.00. The summed E-state index contributed by atoms with van der Waals surface area (Å²) in [5.41, 5.74) is 0.830. The number of hydrogen-bond acceptors (Lipinski definition) is 2. The van der Waals surface area contributed by atoms with Gasteiger partial charge < -0.3 is 16.4 Å². The first-order valence-corrected chi connectivity index (χ1v) is 6.35. The van der Waals surface area contributed by atoms with Crippen LogP contribution in [0.3, 0.4) is 0 Å². The number of carbonyl (C=O) groups is 2. The molecule has 0 heterocycles. The van der Waals surface area contributed by atoms with Gasteiger partial charge in [-0.15, -0.1) is 0 Å². The third-order valence-electron chi connectivity index (χ3n) is 2.41. The molecule has 0 unspecified atom stereocenters. The van der Waals surface area contributed by atoms with Crippen LogP contribution < -0.4 is 9.30 Å². The van der Waals surface area contributed by atoms with Crippen molar-refractivity contribution in [3.63, 3.8) is 0 Å². The van der Waals surface area contributed by atoms with Crippen LogP contribution in [0, 0.1) is 0 Å². The molecule has 1 aromatic rings. The van der Waals surface area contributed by atoms with Crippen molar-refractivity contribution in [3.05, 3.63) is 24.3 Å². The molecule has 0 spiro atoms. The van der Waals surface area contributed by atoms with Gasteiger partial charge in [0.1, 0.15) is 0 Å². The number of carboxylic acids is 1. The standard InChI is InChI=1S/C12H14GeNO3.3H2O/c1-14(10-7-5-9(13)6-8-10)11(15)3-2-4-12(16)17;;;/h5-8H,2-4H2,1H3,(H,16,17);3*1H2. The maximum atomic E-state index is 11.7. The zero-order chi connectivity index (χ0) is 12.8. The summed E-state index contributed by atoms with van der Waals surface area (Å²) in [6.45, 7) is 0. The van der Waals surface area contributed by atoms with Gasteiger partial charge in [0.2, 0.25) is 0 Å². The number of aliphatic carboxylic acids is 1. The summed E-state index contributed by atoms with van der Waals surface area (Å²) in [7, 11) is 1.70. The molecule has 0 atom stereocenters. The van der Waals surface area contributed by atoms with Crippen LogP contribution in [0.15, 0.2) is 24.3 Å². The van der Waals surface area contributed by atoms with Gasteiger partial charge in [-0.2, -0.15) is 0 Å². The van der Waals surface area contributed by atoms with E-state index in [2.05, 4.69) is 0 Å². The SMILES string of the molecule is CN(C(=O)CCCC(=O)O)c1cc[c]([Ge])cc1.O.O.O. The Hall–Kier alpha value is -1.42. The number of carbonyl (C=O) groups excluding carboxylic acids is 1. The molecule has 0 aliphatic rings. The minimum Gasteiger partial charge on any atom is -0.412 e. The molecule has 0 fully saturated rings. The van der Waals surface area contributed by atoms with Gasteiger partial charge in [0.25, 0.3) is 0 Å².